The van der Waals surface area contributed by atoms with Crippen LogP contribution in [0.2, 0.25) is 0 Å². The Hall–Kier alpha value is -2.40. The Kier molecular flexibility index (Phi) is 3.83. The van der Waals surface area contributed by atoms with Crippen molar-refractivity contribution in [1.82, 2.24) is 4.98 Å². The summed E-state index contributed by atoms with van der Waals surface area (Å²) in [6.07, 6.45) is 3.65. The maximum atomic E-state index is 11.2. The molecule has 2 aromatic heterocycles. The highest BCUT2D eigenvalue weighted by atomic mass is 32.1. The summed E-state index contributed by atoms with van der Waals surface area (Å²) in [5, 5.41) is 10.5. The highest BCUT2D eigenvalue weighted by Gasteiger charge is 2.06. The zero-order valence-corrected chi connectivity index (χ0v) is 12.4. The summed E-state index contributed by atoms with van der Waals surface area (Å²) in [5.74, 6) is -0.0501. The molecule has 0 aliphatic rings. The molecule has 1 aromatic carbocycles. The number of carbonyl (C=O) groups is 1. The lowest BCUT2D eigenvalue weighted by molar-refractivity contribution is -0.114. The van der Waals surface area contributed by atoms with Gasteiger partial charge in [0.2, 0.25) is 5.91 Å². The number of pyridine rings is 1. The monoisotopic (exact) mass is 297 g/mol. The Morgan fingerprint density at radius 1 is 1.24 bits per heavy atom. The van der Waals surface area contributed by atoms with Gasteiger partial charge in [0.15, 0.2) is 0 Å². The minimum Gasteiger partial charge on any atom is -0.380 e. The van der Waals surface area contributed by atoms with Gasteiger partial charge in [-0.3, -0.25) is 9.78 Å². The second kappa shape index (κ2) is 5.93. The molecule has 106 valence electrons. The summed E-state index contributed by atoms with van der Waals surface area (Å²) in [6.45, 7) is 2.20. The van der Waals surface area contributed by atoms with Gasteiger partial charge >= 0.3 is 0 Å². The topological polar surface area (TPSA) is 54.0 Å². The molecule has 0 atom stereocenters. The van der Waals surface area contributed by atoms with Crippen LogP contribution in [-0.4, -0.2) is 10.9 Å². The van der Waals surface area contributed by atoms with Crippen LogP contribution in [0.25, 0.3) is 10.8 Å². The van der Waals surface area contributed by atoms with E-state index in [1.54, 1.807) is 17.5 Å². The molecule has 4 nitrogen and oxygen atoms in total. The van der Waals surface area contributed by atoms with Crippen molar-refractivity contribution in [2.45, 2.75) is 13.5 Å². The number of hydrogen-bond acceptors (Lipinski definition) is 4. The molecule has 0 radical (unpaired) electrons. The number of carbonyl (C=O) groups excluding carboxylic acids is 1. The van der Waals surface area contributed by atoms with Crippen LogP contribution in [0.3, 0.4) is 0 Å². The fraction of sp³-hybridized carbons (Fsp3) is 0.125. The second-order valence-electron chi connectivity index (χ2n) is 4.69. The van der Waals surface area contributed by atoms with E-state index < -0.39 is 0 Å². The lowest BCUT2D eigenvalue weighted by Crippen LogP contribution is -2.08. The summed E-state index contributed by atoms with van der Waals surface area (Å²) in [4.78, 5) is 16.4. The first-order valence-electron chi connectivity index (χ1n) is 6.64. The maximum absolute atomic E-state index is 11.2. The van der Waals surface area contributed by atoms with Crippen LogP contribution in [0, 0.1) is 0 Å². The van der Waals surface area contributed by atoms with Gasteiger partial charge < -0.3 is 10.6 Å². The standard InChI is InChI=1S/C16H15N3OS/c1-11(20)19-15-6-8-21-16(15)10-18-14-4-2-3-12-9-17-7-5-13(12)14/h2-9,18H,10H2,1H3,(H,19,20). The third kappa shape index (κ3) is 3.03. The van der Waals surface area contributed by atoms with E-state index in [-0.39, 0.29) is 5.91 Å². The van der Waals surface area contributed by atoms with E-state index in [1.165, 1.54) is 6.92 Å². The van der Waals surface area contributed by atoms with Gasteiger partial charge in [-0.1, -0.05) is 12.1 Å². The zero-order chi connectivity index (χ0) is 14.7. The number of rotatable bonds is 4. The Morgan fingerprint density at radius 2 is 2.14 bits per heavy atom. The Balaban J connectivity index is 1.81. The largest absolute Gasteiger partial charge is 0.380 e. The Labute approximate surface area is 126 Å². The lowest BCUT2D eigenvalue weighted by atomic mass is 10.1. The van der Waals surface area contributed by atoms with Crippen LogP contribution in [-0.2, 0) is 11.3 Å². The van der Waals surface area contributed by atoms with Gasteiger partial charge in [-0.05, 0) is 23.6 Å². The van der Waals surface area contributed by atoms with Crippen molar-refractivity contribution in [3.63, 3.8) is 0 Å². The van der Waals surface area contributed by atoms with Crippen LogP contribution < -0.4 is 10.6 Å². The van der Waals surface area contributed by atoms with E-state index in [0.29, 0.717) is 6.54 Å². The molecule has 0 unspecified atom stereocenters. The van der Waals surface area contributed by atoms with Crippen molar-refractivity contribution in [2.75, 3.05) is 10.6 Å². The molecule has 0 aliphatic heterocycles. The number of fused-ring (bicyclic) bond motifs is 1. The van der Waals surface area contributed by atoms with Gasteiger partial charge in [0.1, 0.15) is 0 Å². The summed E-state index contributed by atoms with van der Waals surface area (Å²) in [5.41, 5.74) is 1.94. The number of hydrogen-bond donors (Lipinski definition) is 2. The number of amides is 1. The number of anilines is 2. The van der Waals surface area contributed by atoms with Gasteiger partial charge in [-0.2, -0.15) is 0 Å². The highest BCUT2D eigenvalue weighted by molar-refractivity contribution is 7.10. The van der Waals surface area contributed by atoms with Crippen LogP contribution in [0.15, 0.2) is 48.1 Å². The first-order valence-corrected chi connectivity index (χ1v) is 7.52. The average molecular weight is 297 g/mol. The summed E-state index contributed by atoms with van der Waals surface area (Å²) < 4.78 is 0. The highest BCUT2D eigenvalue weighted by Crippen LogP contribution is 2.26. The average Bonchev–Trinajstić information content (AvgIpc) is 2.91. The molecule has 21 heavy (non-hydrogen) atoms. The molecule has 0 saturated carbocycles. The van der Waals surface area contributed by atoms with Crippen LogP contribution in [0.4, 0.5) is 11.4 Å². The summed E-state index contributed by atoms with van der Waals surface area (Å²) in [6, 6.07) is 10.0. The Bertz CT molecular complexity index is 777. The smallest absolute Gasteiger partial charge is 0.221 e. The van der Waals surface area contributed by atoms with Gasteiger partial charge in [0.25, 0.3) is 0 Å². The van der Waals surface area contributed by atoms with Crippen molar-refractivity contribution < 1.29 is 4.79 Å². The number of thiophene rings is 1. The normalized spacial score (nSPS) is 10.5. The minimum atomic E-state index is -0.0501. The molecular weight excluding hydrogens is 282 g/mol. The minimum absolute atomic E-state index is 0.0501. The summed E-state index contributed by atoms with van der Waals surface area (Å²) >= 11 is 1.63. The molecular formula is C16H15N3OS. The van der Waals surface area contributed by atoms with Crippen molar-refractivity contribution >= 4 is 39.4 Å². The van der Waals surface area contributed by atoms with Gasteiger partial charge in [-0.25, -0.2) is 0 Å². The molecule has 0 aliphatic carbocycles. The predicted molar refractivity (Wildman–Crippen MR) is 87.7 cm³/mol. The molecule has 3 aromatic rings. The maximum Gasteiger partial charge on any atom is 0.221 e. The SMILES string of the molecule is CC(=O)Nc1ccsc1CNc1cccc2cnccc12. The fourth-order valence-electron chi connectivity index (χ4n) is 2.23. The molecule has 0 spiro atoms. The third-order valence-electron chi connectivity index (χ3n) is 3.18. The first-order chi connectivity index (χ1) is 10.2. The molecule has 0 saturated heterocycles. The number of nitrogens with zero attached hydrogens (tertiary/aromatic N) is 1. The van der Waals surface area contributed by atoms with E-state index in [0.717, 1.165) is 27.0 Å². The van der Waals surface area contributed by atoms with E-state index in [1.807, 2.05) is 41.9 Å². The molecule has 3 rings (SSSR count). The van der Waals surface area contributed by atoms with Crippen molar-refractivity contribution in [1.29, 1.82) is 0 Å². The lowest BCUT2D eigenvalue weighted by Gasteiger charge is -2.10. The molecule has 0 fully saturated rings. The van der Waals surface area contributed by atoms with Crippen molar-refractivity contribution in [2.24, 2.45) is 0 Å². The molecule has 1 amide bonds. The molecule has 5 heteroatoms. The van der Waals surface area contributed by atoms with Crippen molar-refractivity contribution in [3.05, 3.63) is 53.0 Å². The zero-order valence-electron chi connectivity index (χ0n) is 11.6. The summed E-state index contributed by atoms with van der Waals surface area (Å²) in [7, 11) is 0. The molecule has 0 bridgehead atoms. The predicted octanol–water partition coefficient (Wildman–Crippen LogP) is 3.87. The number of benzene rings is 1. The van der Waals surface area contributed by atoms with Gasteiger partial charge in [0.05, 0.1) is 12.2 Å². The van der Waals surface area contributed by atoms with Crippen LogP contribution in [0.5, 0.6) is 0 Å². The molecule has 2 N–H and O–H groups in total. The van der Waals surface area contributed by atoms with E-state index >= 15 is 0 Å². The van der Waals surface area contributed by atoms with Crippen molar-refractivity contribution in [3.8, 4) is 0 Å². The second-order valence-corrected chi connectivity index (χ2v) is 5.70. The van der Waals surface area contributed by atoms with E-state index in [2.05, 4.69) is 15.6 Å². The number of aromatic nitrogens is 1. The van der Waals surface area contributed by atoms with Crippen LogP contribution >= 0.6 is 11.3 Å². The first kappa shape index (κ1) is 13.6. The van der Waals surface area contributed by atoms with E-state index in [9.17, 15) is 4.79 Å². The van der Waals surface area contributed by atoms with E-state index in [4.69, 9.17) is 0 Å². The molecule has 2 heterocycles. The quantitative estimate of drug-likeness (QED) is 0.768. The van der Waals surface area contributed by atoms with Crippen LogP contribution in [0.1, 0.15) is 11.8 Å². The van der Waals surface area contributed by atoms with Gasteiger partial charge in [-0.15, -0.1) is 11.3 Å². The fourth-order valence-corrected chi connectivity index (χ4v) is 3.00. The van der Waals surface area contributed by atoms with Gasteiger partial charge in [0, 0.05) is 40.7 Å². The number of nitrogens with one attached hydrogen (secondary N) is 2. The third-order valence-corrected chi connectivity index (χ3v) is 4.10. The Morgan fingerprint density at radius 3 is 3.00 bits per heavy atom.